The lowest BCUT2D eigenvalue weighted by molar-refractivity contribution is 0.415. The van der Waals surface area contributed by atoms with Gasteiger partial charge in [0, 0.05) is 23.3 Å². The maximum Gasteiger partial charge on any atom is 0.119 e. The van der Waals surface area contributed by atoms with Crippen LogP contribution < -0.4 is 10.1 Å². The van der Waals surface area contributed by atoms with Gasteiger partial charge >= 0.3 is 0 Å². The Kier molecular flexibility index (Phi) is 4.08. The lowest BCUT2D eigenvalue weighted by Crippen LogP contribution is -2.11. The average molecular weight is 318 g/mol. The van der Waals surface area contributed by atoms with E-state index < -0.39 is 0 Å². The minimum Gasteiger partial charge on any atom is -0.497 e. The number of ether oxygens (including phenoxy) is 1. The molecule has 4 rings (SSSR count). The summed E-state index contributed by atoms with van der Waals surface area (Å²) in [6.45, 7) is 0.823. The van der Waals surface area contributed by atoms with Crippen molar-refractivity contribution in [3.63, 3.8) is 0 Å². The normalized spacial score (nSPS) is 13.5. The summed E-state index contributed by atoms with van der Waals surface area (Å²) in [4.78, 5) is 4.91. The number of hydrogen-bond donors (Lipinski definition) is 1. The minimum absolute atomic E-state index is 0.823. The van der Waals surface area contributed by atoms with Crippen LogP contribution in [0.2, 0.25) is 0 Å². The van der Waals surface area contributed by atoms with Gasteiger partial charge in [-0.25, -0.2) is 0 Å². The van der Waals surface area contributed by atoms with Crippen LogP contribution in [0.1, 0.15) is 29.7 Å². The number of aromatic nitrogens is 1. The zero-order chi connectivity index (χ0) is 16.4. The van der Waals surface area contributed by atoms with Gasteiger partial charge in [-0.15, -0.1) is 0 Å². The van der Waals surface area contributed by atoms with Gasteiger partial charge in [-0.05, 0) is 55.0 Å². The van der Waals surface area contributed by atoms with Gasteiger partial charge in [-0.3, -0.25) is 4.98 Å². The maximum absolute atomic E-state index is 5.43. The van der Waals surface area contributed by atoms with Gasteiger partial charge in [0.15, 0.2) is 0 Å². The summed E-state index contributed by atoms with van der Waals surface area (Å²) in [5.74, 6) is 0.878. The van der Waals surface area contributed by atoms with Crippen molar-refractivity contribution in [2.24, 2.45) is 0 Å². The minimum atomic E-state index is 0.823. The van der Waals surface area contributed by atoms with Gasteiger partial charge in [-0.2, -0.15) is 0 Å². The van der Waals surface area contributed by atoms with E-state index in [4.69, 9.17) is 9.72 Å². The van der Waals surface area contributed by atoms with Crippen molar-refractivity contribution in [1.82, 2.24) is 4.98 Å². The van der Waals surface area contributed by atoms with Crippen LogP contribution >= 0.6 is 0 Å². The summed E-state index contributed by atoms with van der Waals surface area (Å²) in [6, 6.07) is 16.7. The van der Waals surface area contributed by atoms with Crippen molar-refractivity contribution in [2.45, 2.75) is 32.2 Å². The highest BCUT2D eigenvalue weighted by atomic mass is 16.5. The molecule has 0 saturated carbocycles. The number of fused-ring (bicyclic) bond motifs is 2. The molecular weight excluding hydrogens is 296 g/mol. The number of nitrogens with zero attached hydrogens (tertiary/aromatic N) is 1. The second-order valence-corrected chi connectivity index (χ2v) is 6.34. The van der Waals surface area contributed by atoms with E-state index in [0.717, 1.165) is 36.0 Å². The molecule has 122 valence electrons. The molecule has 0 saturated heterocycles. The van der Waals surface area contributed by atoms with Crippen molar-refractivity contribution in [3.05, 3.63) is 65.4 Å². The monoisotopic (exact) mass is 318 g/mol. The molecule has 0 amide bonds. The predicted octanol–water partition coefficient (Wildman–Crippen LogP) is 4.73. The second kappa shape index (κ2) is 6.52. The number of rotatable bonds is 4. The second-order valence-electron chi connectivity index (χ2n) is 6.34. The zero-order valence-corrected chi connectivity index (χ0v) is 14.0. The molecule has 1 heterocycles. The van der Waals surface area contributed by atoms with Gasteiger partial charge in [0.25, 0.3) is 0 Å². The largest absolute Gasteiger partial charge is 0.497 e. The summed E-state index contributed by atoms with van der Waals surface area (Å²) < 4.78 is 5.43. The Hall–Kier alpha value is -2.55. The lowest BCUT2D eigenvalue weighted by Gasteiger charge is -2.22. The standard InChI is InChI=1S/C21H22N2O/c1-24-16-11-12-20-18(13-16)21(17-9-5-6-10-19(17)23-20)22-14-15-7-3-2-4-8-15/h2-4,7-8,11-13H,5-6,9-10,14H2,1H3,(H,22,23). The number of nitrogens with one attached hydrogen (secondary N) is 1. The summed E-state index contributed by atoms with van der Waals surface area (Å²) in [5.41, 5.74) is 6.21. The first-order valence-electron chi connectivity index (χ1n) is 8.62. The Bertz CT molecular complexity index is 859. The van der Waals surface area contributed by atoms with Crippen molar-refractivity contribution in [2.75, 3.05) is 12.4 Å². The number of anilines is 1. The number of hydrogen-bond acceptors (Lipinski definition) is 3. The molecule has 1 N–H and O–H groups in total. The van der Waals surface area contributed by atoms with Gasteiger partial charge in [0.1, 0.15) is 5.75 Å². The third-order valence-electron chi connectivity index (χ3n) is 4.78. The zero-order valence-electron chi connectivity index (χ0n) is 14.0. The molecule has 1 aromatic heterocycles. The van der Waals surface area contributed by atoms with Crippen LogP contribution in [0.3, 0.4) is 0 Å². The molecule has 24 heavy (non-hydrogen) atoms. The Morgan fingerprint density at radius 2 is 1.88 bits per heavy atom. The first-order chi connectivity index (χ1) is 11.8. The number of benzene rings is 2. The summed E-state index contributed by atoms with van der Waals surface area (Å²) >= 11 is 0. The molecule has 3 aromatic rings. The smallest absolute Gasteiger partial charge is 0.119 e. The fourth-order valence-electron chi connectivity index (χ4n) is 3.52. The van der Waals surface area contributed by atoms with E-state index in [9.17, 15) is 0 Å². The Balaban J connectivity index is 1.80. The summed E-state index contributed by atoms with van der Waals surface area (Å²) in [6.07, 6.45) is 4.66. The van der Waals surface area contributed by atoms with Gasteiger partial charge < -0.3 is 10.1 Å². The van der Waals surface area contributed by atoms with Crippen LogP contribution in [0.5, 0.6) is 5.75 Å². The molecular formula is C21H22N2O. The lowest BCUT2D eigenvalue weighted by atomic mass is 9.92. The molecule has 1 aliphatic carbocycles. The molecule has 3 nitrogen and oxygen atoms in total. The van der Waals surface area contributed by atoms with Crippen LogP contribution in [0.25, 0.3) is 10.9 Å². The Labute approximate surface area is 142 Å². The number of aryl methyl sites for hydroxylation is 1. The van der Waals surface area contributed by atoms with Crippen LogP contribution in [0.4, 0.5) is 5.69 Å². The SMILES string of the molecule is COc1ccc2nc3c(c(NCc4ccccc4)c2c1)CCCC3. The van der Waals surface area contributed by atoms with Gasteiger partial charge in [0.05, 0.1) is 12.6 Å². The predicted molar refractivity (Wildman–Crippen MR) is 98.7 cm³/mol. The molecule has 2 aromatic carbocycles. The fraction of sp³-hybridized carbons (Fsp3) is 0.286. The van der Waals surface area contributed by atoms with E-state index >= 15 is 0 Å². The molecule has 0 bridgehead atoms. The van der Waals surface area contributed by atoms with Crippen LogP contribution in [-0.4, -0.2) is 12.1 Å². The molecule has 0 aliphatic heterocycles. The van der Waals surface area contributed by atoms with Crippen LogP contribution in [0, 0.1) is 0 Å². The van der Waals surface area contributed by atoms with Crippen molar-refractivity contribution < 1.29 is 4.74 Å². The summed E-state index contributed by atoms with van der Waals surface area (Å²) in [7, 11) is 1.71. The number of pyridine rings is 1. The molecule has 0 atom stereocenters. The van der Waals surface area contributed by atoms with Crippen molar-refractivity contribution in [3.8, 4) is 5.75 Å². The van der Waals surface area contributed by atoms with E-state index in [1.165, 1.54) is 35.3 Å². The highest BCUT2D eigenvalue weighted by molar-refractivity contribution is 5.94. The topological polar surface area (TPSA) is 34.1 Å². The molecule has 0 spiro atoms. The molecule has 0 radical (unpaired) electrons. The average Bonchev–Trinajstić information content (AvgIpc) is 2.65. The Morgan fingerprint density at radius 1 is 1.04 bits per heavy atom. The van der Waals surface area contributed by atoms with E-state index in [0.29, 0.717) is 0 Å². The highest BCUT2D eigenvalue weighted by Gasteiger charge is 2.18. The Morgan fingerprint density at radius 3 is 2.71 bits per heavy atom. The first kappa shape index (κ1) is 15.0. The van der Waals surface area contributed by atoms with E-state index in [1.807, 2.05) is 6.07 Å². The van der Waals surface area contributed by atoms with E-state index in [1.54, 1.807) is 7.11 Å². The van der Waals surface area contributed by atoms with Crippen molar-refractivity contribution >= 4 is 16.6 Å². The third kappa shape index (κ3) is 2.82. The van der Waals surface area contributed by atoms with Gasteiger partial charge in [-0.1, -0.05) is 30.3 Å². The molecule has 3 heteroatoms. The number of methoxy groups -OCH3 is 1. The third-order valence-corrected chi connectivity index (χ3v) is 4.78. The molecule has 0 fully saturated rings. The van der Waals surface area contributed by atoms with E-state index in [-0.39, 0.29) is 0 Å². The maximum atomic E-state index is 5.43. The molecule has 1 aliphatic rings. The highest BCUT2D eigenvalue weighted by Crippen LogP contribution is 2.35. The van der Waals surface area contributed by atoms with Crippen LogP contribution in [0.15, 0.2) is 48.5 Å². The quantitative estimate of drug-likeness (QED) is 0.755. The first-order valence-corrected chi connectivity index (χ1v) is 8.62. The summed E-state index contributed by atoms with van der Waals surface area (Å²) in [5, 5.41) is 4.85. The molecule has 0 unspecified atom stereocenters. The fourth-order valence-corrected chi connectivity index (χ4v) is 3.52. The van der Waals surface area contributed by atoms with Gasteiger partial charge in [0.2, 0.25) is 0 Å². The van der Waals surface area contributed by atoms with Crippen molar-refractivity contribution in [1.29, 1.82) is 0 Å². The van der Waals surface area contributed by atoms with Crippen LogP contribution in [-0.2, 0) is 19.4 Å². The van der Waals surface area contributed by atoms with E-state index in [2.05, 4.69) is 47.8 Å².